The number of aliphatic hydroxyl groups excluding tert-OH is 1. The molecular formula is C27H53O6PS2. The zero-order valence-electron chi connectivity index (χ0n) is 22.8. The van der Waals surface area contributed by atoms with Crippen molar-refractivity contribution in [2.24, 2.45) is 11.8 Å². The molecule has 214 valence electrons. The molecule has 0 aromatic heterocycles. The molecular weight excluding hydrogens is 515 g/mol. The number of hydrogen-bond acceptors (Lipinski definition) is 7. The van der Waals surface area contributed by atoms with Crippen LogP contribution in [0.4, 0.5) is 0 Å². The van der Waals surface area contributed by atoms with Gasteiger partial charge in [0.25, 0.3) is 5.34 Å². The Morgan fingerprint density at radius 1 is 1.00 bits per heavy atom. The summed E-state index contributed by atoms with van der Waals surface area (Å²) < 4.78 is 24.1. The van der Waals surface area contributed by atoms with Crippen molar-refractivity contribution in [3.63, 3.8) is 0 Å². The van der Waals surface area contributed by atoms with Crippen LogP contribution < -0.4 is 0 Å². The molecule has 0 aliphatic heterocycles. The molecule has 36 heavy (non-hydrogen) atoms. The summed E-state index contributed by atoms with van der Waals surface area (Å²) in [5, 5.41) is 18.1. The normalized spacial score (nSPS) is 21.2. The van der Waals surface area contributed by atoms with E-state index in [1.54, 1.807) is 0 Å². The molecule has 0 spiro atoms. The van der Waals surface area contributed by atoms with Gasteiger partial charge in [0.15, 0.2) is 0 Å². The lowest BCUT2D eigenvalue weighted by molar-refractivity contribution is -0.227. The second-order valence-corrected chi connectivity index (χ2v) is 13.0. The molecule has 6 nitrogen and oxygen atoms in total. The van der Waals surface area contributed by atoms with Gasteiger partial charge in [-0.05, 0) is 37.5 Å². The first-order chi connectivity index (χ1) is 17.2. The number of hydrogen-bond donors (Lipinski definition) is 4. The SMILES string of the molecule is CCCCCCCC(C1CCCCC1)C(S)C(S)(CCCCC)OC([PH2]=O)(C(=O)O)C(O)OCCC. The van der Waals surface area contributed by atoms with Crippen LogP contribution in [0.25, 0.3) is 0 Å². The molecule has 6 atom stereocenters. The molecule has 9 heteroatoms. The fourth-order valence-corrected chi connectivity index (χ4v) is 7.14. The molecule has 0 heterocycles. The lowest BCUT2D eigenvalue weighted by Gasteiger charge is -2.46. The Labute approximate surface area is 232 Å². The monoisotopic (exact) mass is 568 g/mol. The number of carbonyl (C=O) groups is 1. The molecule has 1 aliphatic carbocycles. The van der Waals surface area contributed by atoms with E-state index in [9.17, 15) is 19.6 Å². The first-order valence-corrected chi connectivity index (χ1v) is 16.3. The Hall–Kier alpha value is 0.280. The number of aliphatic carboxylic acids is 1. The number of carboxylic acids is 1. The predicted molar refractivity (Wildman–Crippen MR) is 156 cm³/mol. The lowest BCUT2D eigenvalue weighted by atomic mass is 9.74. The van der Waals surface area contributed by atoms with Crippen LogP contribution in [-0.2, 0) is 18.8 Å². The van der Waals surface area contributed by atoms with Crippen LogP contribution in [0, 0.1) is 11.8 Å². The summed E-state index contributed by atoms with van der Waals surface area (Å²) in [6, 6.07) is 0. The number of rotatable bonds is 21. The second-order valence-electron chi connectivity index (χ2n) is 10.6. The quantitative estimate of drug-likeness (QED) is 0.0501. The summed E-state index contributed by atoms with van der Waals surface area (Å²) in [4.78, 5) is 11.2. The first kappa shape index (κ1) is 34.3. The van der Waals surface area contributed by atoms with Crippen molar-refractivity contribution in [3.05, 3.63) is 0 Å². The maximum atomic E-state index is 12.5. The van der Waals surface area contributed by atoms with E-state index >= 15 is 0 Å². The second kappa shape index (κ2) is 18.5. The Morgan fingerprint density at radius 2 is 1.61 bits per heavy atom. The van der Waals surface area contributed by atoms with Gasteiger partial charge in [0.2, 0.25) is 6.29 Å². The van der Waals surface area contributed by atoms with E-state index in [1.165, 1.54) is 44.9 Å². The van der Waals surface area contributed by atoms with Crippen LogP contribution >= 0.6 is 33.7 Å². The average molecular weight is 569 g/mol. The highest BCUT2D eigenvalue weighted by molar-refractivity contribution is 7.85. The van der Waals surface area contributed by atoms with Crippen molar-refractivity contribution in [2.75, 3.05) is 6.61 Å². The van der Waals surface area contributed by atoms with Crippen LogP contribution in [-0.4, -0.2) is 44.6 Å². The van der Waals surface area contributed by atoms with Crippen molar-refractivity contribution >= 4 is 39.7 Å². The summed E-state index contributed by atoms with van der Waals surface area (Å²) >= 11 is 10.1. The minimum Gasteiger partial charge on any atom is -0.479 e. The number of carboxylic acid groups (broad SMARTS) is 1. The molecule has 2 N–H and O–H groups in total. The van der Waals surface area contributed by atoms with E-state index in [0.717, 1.165) is 44.9 Å². The molecule has 1 saturated carbocycles. The van der Waals surface area contributed by atoms with Gasteiger partial charge in [-0.3, -0.25) is 0 Å². The van der Waals surface area contributed by atoms with Crippen molar-refractivity contribution in [1.29, 1.82) is 0 Å². The minimum absolute atomic E-state index is 0.140. The molecule has 0 amide bonds. The maximum absolute atomic E-state index is 12.5. The largest absolute Gasteiger partial charge is 0.479 e. The lowest BCUT2D eigenvalue weighted by Crippen LogP contribution is -2.56. The standard InChI is InChI=1S/C27H53O6PS2/c1-4-7-9-10-14-18-22(21-16-12-11-13-17-21)23(35)26(36,19-15-8-5-2)33-27(34-31,24(28)29)25(30)32-20-6-3/h21-23,25,30,35-36H,4-20,34H2,1-3H3,(H,28,29). The van der Waals surface area contributed by atoms with E-state index in [4.69, 9.17) is 34.7 Å². The molecule has 1 aliphatic rings. The van der Waals surface area contributed by atoms with Crippen molar-refractivity contribution in [3.8, 4) is 0 Å². The molecule has 1 rings (SSSR count). The summed E-state index contributed by atoms with van der Waals surface area (Å²) in [7, 11) is -2.06. The highest BCUT2D eigenvalue weighted by Crippen LogP contribution is 2.48. The van der Waals surface area contributed by atoms with Gasteiger partial charge in [0, 0.05) is 11.9 Å². The van der Waals surface area contributed by atoms with E-state index in [-0.39, 0.29) is 17.8 Å². The third-order valence-electron chi connectivity index (χ3n) is 7.60. The van der Waals surface area contributed by atoms with Crippen LogP contribution in [0.5, 0.6) is 0 Å². The molecule has 0 bridgehead atoms. The topological polar surface area (TPSA) is 93.1 Å². The van der Waals surface area contributed by atoms with Crippen molar-refractivity contribution < 1.29 is 29.0 Å². The molecule has 6 unspecified atom stereocenters. The summed E-state index contributed by atoms with van der Waals surface area (Å²) in [6.07, 6.45) is 14.7. The first-order valence-electron chi connectivity index (χ1n) is 14.3. The summed E-state index contributed by atoms with van der Waals surface area (Å²) in [5.74, 6) is -0.801. The zero-order valence-corrected chi connectivity index (χ0v) is 25.8. The fraction of sp³-hybridized carbons (Fsp3) is 0.963. The van der Waals surface area contributed by atoms with Gasteiger partial charge >= 0.3 is 5.97 Å². The zero-order chi connectivity index (χ0) is 27.0. The number of unbranched alkanes of at least 4 members (excludes halogenated alkanes) is 6. The number of ether oxygens (including phenoxy) is 2. The van der Waals surface area contributed by atoms with Crippen LogP contribution in [0.15, 0.2) is 0 Å². The Kier molecular flexibility index (Phi) is 17.7. The maximum Gasteiger partial charge on any atom is 0.348 e. The fourth-order valence-electron chi connectivity index (χ4n) is 5.40. The van der Waals surface area contributed by atoms with E-state index in [1.807, 2.05) is 6.92 Å². The minimum atomic E-state index is -2.36. The Balaban J connectivity index is 3.30. The van der Waals surface area contributed by atoms with Gasteiger partial charge < -0.3 is 24.3 Å². The highest BCUT2D eigenvalue weighted by atomic mass is 32.1. The molecule has 0 aromatic rings. The van der Waals surface area contributed by atoms with Crippen molar-refractivity contribution in [1.82, 2.24) is 0 Å². The Morgan fingerprint density at radius 3 is 2.17 bits per heavy atom. The van der Waals surface area contributed by atoms with E-state index in [2.05, 4.69) is 13.8 Å². The van der Waals surface area contributed by atoms with Gasteiger partial charge in [0.05, 0.1) is 0 Å². The summed E-state index contributed by atoms with van der Waals surface area (Å²) in [5.41, 5.74) is 0. The smallest absolute Gasteiger partial charge is 0.348 e. The Bertz CT molecular complexity index is 621. The molecule has 1 fully saturated rings. The van der Waals surface area contributed by atoms with Gasteiger partial charge in [-0.2, -0.15) is 12.6 Å². The van der Waals surface area contributed by atoms with Gasteiger partial charge in [-0.1, -0.05) is 97.8 Å². The predicted octanol–water partition coefficient (Wildman–Crippen LogP) is 7.35. The van der Waals surface area contributed by atoms with Crippen LogP contribution in [0.2, 0.25) is 0 Å². The number of aliphatic hydroxyl groups is 1. The van der Waals surface area contributed by atoms with Gasteiger partial charge in [0.1, 0.15) is 13.4 Å². The molecule has 0 aromatic carbocycles. The van der Waals surface area contributed by atoms with Crippen LogP contribution in [0.1, 0.15) is 124 Å². The van der Waals surface area contributed by atoms with Gasteiger partial charge in [-0.15, -0.1) is 12.6 Å². The van der Waals surface area contributed by atoms with Crippen molar-refractivity contribution in [2.45, 2.75) is 145 Å². The third-order valence-corrected chi connectivity index (χ3v) is 10.2. The summed E-state index contributed by atoms with van der Waals surface area (Å²) in [6.45, 7) is 6.31. The average Bonchev–Trinajstić information content (AvgIpc) is 2.88. The molecule has 0 saturated heterocycles. The van der Waals surface area contributed by atoms with Crippen LogP contribution in [0.3, 0.4) is 0 Å². The van der Waals surface area contributed by atoms with E-state index in [0.29, 0.717) is 18.8 Å². The highest BCUT2D eigenvalue weighted by Gasteiger charge is 2.55. The number of thiol groups is 2. The van der Waals surface area contributed by atoms with E-state index < -0.39 is 31.0 Å². The third kappa shape index (κ3) is 10.4. The molecule has 0 radical (unpaired) electrons. The van der Waals surface area contributed by atoms with Gasteiger partial charge in [-0.25, -0.2) is 4.79 Å².